The Balaban J connectivity index is 2.23. The average molecular weight is 357 g/mol. The van der Waals surface area contributed by atoms with Gasteiger partial charge in [-0.2, -0.15) is 0 Å². The van der Waals surface area contributed by atoms with Gasteiger partial charge in [-0.05, 0) is 37.0 Å². The number of halogens is 2. The summed E-state index contributed by atoms with van der Waals surface area (Å²) in [6.45, 7) is 0. The van der Waals surface area contributed by atoms with E-state index in [9.17, 15) is 9.59 Å². The lowest BCUT2D eigenvalue weighted by Crippen LogP contribution is -2.41. The number of benzene rings is 1. The minimum atomic E-state index is -0.949. The number of nitrogens with one attached hydrogen (secondary N) is 2. The Bertz CT molecular complexity index is 619. The number of hydrogen-bond acceptors (Lipinski definition) is 3. The van der Waals surface area contributed by atoms with Crippen molar-refractivity contribution in [2.75, 3.05) is 7.05 Å². The molecule has 0 bridgehead atoms. The zero-order valence-corrected chi connectivity index (χ0v) is 14.2. The minimum absolute atomic E-state index is 0.182. The van der Waals surface area contributed by atoms with Crippen LogP contribution in [0.2, 0.25) is 10.0 Å². The molecule has 2 rings (SSSR count). The zero-order valence-electron chi connectivity index (χ0n) is 12.6. The van der Waals surface area contributed by atoms with E-state index < -0.39 is 18.0 Å². The van der Waals surface area contributed by atoms with Crippen LogP contribution in [0.1, 0.15) is 30.9 Å². The van der Waals surface area contributed by atoms with Crippen LogP contribution in [-0.4, -0.2) is 25.1 Å². The first-order valence-electron chi connectivity index (χ1n) is 7.31. The summed E-state index contributed by atoms with van der Waals surface area (Å²) in [5.41, 5.74) is 0.541. The predicted octanol–water partition coefficient (Wildman–Crippen LogP) is 3.62. The fourth-order valence-electron chi connectivity index (χ4n) is 2.28. The van der Waals surface area contributed by atoms with Crippen molar-refractivity contribution < 1.29 is 14.3 Å². The molecule has 2 unspecified atom stereocenters. The third-order valence-corrected chi connectivity index (χ3v) is 4.21. The molecule has 1 aliphatic rings. The van der Waals surface area contributed by atoms with Crippen LogP contribution < -0.4 is 10.6 Å². The normalized spacial score (nSPS) is 18.3. The third kappa shape index (κ3) is 4.96. The summed E-state index contributed by atoms with van der Waals surface area (Å²) >= 11 is 11.9. The maximum Gasteiger partial charge on any atom is 0.321 e. The molecular weight excluding hydrogens is 339 g/mol. The Morgan fingerprint density at radius 2 is 2.09 bits per heavy atom. The van der Waals surface area contributed by atoms with Crippen LogP contribution in [0.25, 0.3) is 0 Å². The van der Waals surface area contributed by atoms with E-state index in [1.807, 2.05) is 12.2 Å². The molecule has 0 saturated carbocycles. The van der Waals surface area contributed by atoms with Crippen LogP contribution in [0.5, 0.6) is 0 Å². The van der Waals surface area contributed by atoms with Gasteiger partial charge in [-0.3, -0.25) is 10.1 Å². The van der Waals surface area contributed by atoms with Crippen LogP contribution in [0.4, 0.5) is 4.79 Å². The number of rotatable bonds is 4. The van der Waals surface area contributed by atoms with Crippen molar-refractivity contribution in [2.45, 2.75) is 31.5 Å². The Morgan fingerprint density at radius 1 is 1.30 bits per heavy atom. The molecular formula is C16H18Cl2N2O3. The summed E-state index contributed by atoms with van der Waals surface area (Å²) in [5.74, 6) is -0.554. The SMILES string of the molecule is CNC(=O)NC(=O)C(OC1C=CCCC1)c1ccc(Cl)c(Cl)c1. The highest BCUT2D eigenvalue weighted by Gasteiger charge is 2.27. The summed E-state index contributed by atoms with van der Waals surface area (Å²) < 4.78 is 5.90. The first-order valence-corrected chi connectivity index (χ1v) is 8.06. The van der Waals surface area contributed by atoms with Gasteiger partial charge in [0, 0.05) is 7.05 Å². The molecule has 0 heterocycles. The van der Waals surface area contributed by atoms with E-state index in [-0.39, 0.29) is 6.10 Å². The molecule has 2 N–H and O–H groups in total. The van der Waals surface area contributed by atoms with Crippen LogP contribution >= 0.6 is 23.2 Å². The van der Waals surface area contributed by atoms with Gasteiger partial charge in [0.15, 0.2) is 6.10 Å². The Hall–Kier alpha value is -1.56. The molecule has 124 valence electrons. The topological polar surface area (TPSA) is 67.4 Å². The molecule has 0 fully saturated rings. The molecule has 7 heteroatoms. The van der Waals surface area contributed by atoms with Crippen molar-refractivity contribution in [3.05, 3.63) is 46.0 Å². The maximum absolute atomic E-state index is 12.4. The lowest BCUT2D eigenvalue weighted by atomic mass is 10.0. The highest BCUT2D eigenvalue weighted by Crippen LogP contribution is 2.29. The zero-order chi connectivity index (χ0) is 16.8. The average Bonchev–Trinajstić information content (AvgIpc) is 2.56. The quantitative estimate of drug-likeness (QED) is 0.809. The van der Waals surface area contributed by atoms with Crippen molar-refractivity contribution in [1.29, 1.82) is 0 Å². The second-order valence-corrected chi connectivity index (χ2v) is 5.97. The summed E-state index contributed by atoms with van der Waals surface area (Å²) in [4.78, 5) is 23.8. The number of hydrogen-bond donors (Lipinski definition) is 2. The van der Waals surface area contributed by atoms with Crippen molar-refractivity contribution in [2.24, 2.45) is 0 Å². The molecule has 0 spiro atoms. The molecule has 0 aromatic heterocycles. The predicted molar refractivity (Wildman–Crippen MR) is 89.7 cm³/mol. The highest BCUT2D eigenvalue weighted by molar-refractivity contribution is 6.42. The number of amides is 3. The molecule has 0 saturated heterocycles. The van der Waals surface area contributed by atoms with E-state index in [2.05, 4.69) is 10.6 Å². The van der Waals surface area contributed by atoms with E-state index in [4.69, 9.17) is 27.9 Å². The van der Waals surface area contributed by atoms with Gasteiger partial charge in [-0.25, -0.2) is 4.79 Å². The van der Waals surface area contributed by atoms with Gasteiger partial charge in [-0.15, -0.1) is 0 Å². The van der Waals surface area contributed by atoms with E-state index in [1.54, 1.807) is 18.2 Å². The number of ether oxygens (including phenoxy) is 1. The highest BCUT2D eigenvalue weighted by atomic mass is 35.5. The molecule has 0 radical (unpaired) electrons. The summed E-state index contributed by atoms with van der Waals surface area (Å²) in [7, 11) is 1.43. The van der Waals surface area contributed by atoms with Crippen LogP contribution in [0.15, 0.2) is 30.4 Å². The van der Waals surface area contributed by atoms with Gasteiger partial charge < -0.3 is 10.1 Å². The second kappa shape index (κ2) is 8.34. The van der Waals surface area contributed by atoms with Crippen LogP contribution in [-0.2, 0) is 9.53 Å². The minimum Gasteiger partial charge on any atom is -0.356 e. The lowest BCUT2D eigenvalue weighted by Gasteiger charge is -2.24. The van der Waals surface area contributed by atoms with E-state index in [0.717, 1.165) is 19.3 Å². The molecule has 1 aliphatic carbocycles. The van der Waals surface area contributed by atoms with Gasteiger partial charge in [-0.1, -0.05) is 41.4 Å². The summed E-state index contributed by atoms with van der Waals surface area (Å²) in [5, 5.41) is 5.29. The Morgan fingerprint density at radius 3 is 2.70 bits per heavy atom. The third-order valence-electron chi connectivity index (χ3n) is 3.47. The molecule has 2 atom stereocenters. The Kier molecular flexibility index (Phi) is 6.45. The number of carbonyl (C=O) groups is 2. The van der Waals surface area contributed by atoms with Crippen molar-refractivity contribution >= 4 is 35.1 Å². The number of urea groups is 1. The van der Waals surface area contributed by atoms with Gasteiger partial charge >= 0.3 is 6.03 Å². The summed E-state index contributed by atoms with van der Waals surface area (Å²) in [6.07, 6.45) is 5.64. The summed E-state index contributed by atoms with van der Waals surface area (Å²) in [6, 6.07) is 4.24. The molecule has 1 aromatic carbocycles. The largest absolute Gasteiger partial charge is 0.356 e. The molecule has 0 aliphatic heterocycles. The van der Waals surface area contributed by atoms with Crippen LogP contribution in [0.3, 0.4) is 0 Å². The van der Waals surface area contributed by atoms with Gasteiger partial charge in [0.1, 0.15) is 0 Å². The second-order valence-electron chi connectivity index (χ2n) is 5.16. The first-order chi connectivity index (χ1) is 11.0. The van der Waals surface area contributed by atoms with E-state index in [1.165, 1.54) is 7.05 Å². The van der Waals surface area contributed by atoms with Crippen LogP contribution in [0, 0.1) is 0 Å². The van der Waals surface area contributed by atoms with Crippen molar-refractivity contribution in [3.8, 4) is 0 Å². The monoisotopic (exact) mass is 356 g/mol. The van der Waals surface area contributed by atoms with Gasteiger partial charge in [0.05, 0.1) is 16.1 Å². The number of allylic oxidation sites excluding steroid dienone is 1. The molecule has 3 amide bonds. The molecule has 23 heavy (non-hydrogen) atoms. The molecule has 5 nitrogen and oxygen atoms in total. The van der Waals surface area contributed by atoms with E-state index >= 15 is 0 Å². The molecule has 1 aromatic rings. The smallest absolute Gasteiger partial charge is 0.321 e. The van der Waals surface area contributed by atoms with Gasteiger partial charge in [0.25, 0.3) is 5.91 Å². The maximum atomic E-state index is 12.4. The number of imide groups is 1. The van der Waals surface area contributed by atoms with Crippen molar-refractivity contribution in [1.82, 2.24) is 10.6 Å². The fraction of sp³-hybridized carbons (Fsp3) is 0.375. The van der Waals surface area contributed by atoms with Crippen molar-refractivity contribution in [3.63, 3.8) is 0 Å². The fourth-order valence-corrected chi connectivity index (χ4v) is 2.58. The lowest BCUT2D eigenvalue weighted by molar-refractivity contribution is -0.134. The van der Waals surface area contributed by atoms with E-state index in [0.29, 0.717) is 15.6 Å². The Labute approximate surface area is 145 Å². The standard InChI is InChI=1S/C16H18Cl2N2O3/c1-19-16(22)20-15(21)14(23-11-5-3-2-4-6-11)10-7-8-12(17)13(18)9-10/h3,5,7-9,11,14H,2,4,6H2,1H3,(H2,19,20,21,22). The number of carbonyl (C=O) groups excluding carboxylic acids is 2. The first kappa shape index (κ1) is 17.8. The van der Waals surface area contributed by atoms with Gasteiger partial charge in [0.2, 0.25) is 0 Å².